The Morgan fingerprint density at radius 2 is 1.96 bits per heavy atom. The molecule has 0 spiro atoms. The normalized spacial score (nSPS) is 12.6. The van der Waals surface area contributed by atoms with Crippen molar-refractivity contribution >= 4 is 12.1 Å². The SMILES string of the molecule is CC[C@@H](C)Oc1ccc(/C=N\NC(=O)c2cccc(C(F)(F)F)c2)cc1OC. The molecular weight excluding hydrogens is 373 g/mol. The molecule has 2 rings (SSSR count). The highest BCUT2D eigenvalue weighted by Gasteiger charge is 2.30. The van der Waals surface area contributed by atoms with Crippen LogP contribution in [0.15, 0.2) is 47.6 Å². The number of nitrogens with one attached hydrogen (secondary N) is 1. The van der Waals surface area contributed by atoms with E-state index >= 15 is 0 Å². The van der Waals surface area contributed by atoms with Crippen molar-refractivity contribution < 1.29 is 27.4 Å². The molecular formula is C20H21F3N2O3. The number of hydrogen-bond acceptors (Lipinski definition) is 4. The Hall–Kier alpha value is -3.03. The number of amides is 1. The Morgan fingerprint density at radius 1 is 1.21 bits per heavy atom. The first-order valence-electron chi connectivity index (χ1n) is 8.60. The summed E-state index contributed by atoms with van der Waals surface area (Å²) in [5, 5.41) is 3.79. The molecule has 0 saturated carbocycles. The van der Waals surface area contributed by atoms with E-state index in [9.17, 15) is 18.0 Å². The van der Waals surface area contributed by atoms with Crippen molar-refractivity contribution in [2.24, 2.45) is 5.10 Å². The molecule has 150 valence electrons. The lowest BCUT2D eigenvalue weighted by atomic mass is 10.1. The first kappa shape index (κ1) is 21.3. The van der Waals surface area contributed by atoms with Gasteiger partial charge in [-0.25, -0.2) is 5.43 Å². The van der Waals surface area contributed by atoms with Crippen LogP contribution in [0.3, 0.4) is 0 Å². The number of rotatable bonds is 7. The summed E-state index contributed by atoms with van der Waals surface area (Å²) in [7, 11) is 1.51. The molecule has 1 N–H and O–H groups in total. The van der Waals surface area contributed by atoms with E-state index in [0.29, 0.717) is 17.1 Å². The number of methoxy groups -OCH3 is 1. The largest absolute Gasteiger partial charge is 0.493 e. The van der Waals surface area contributed by atoms with Crippen LogP contribution in [0, 0.1) is 0 Å². The Kier molecular flexibility index (Phi) is 7.03. The lowest BCUT2D eigenvalue weighted by Crippen LogP contribution is -2.18. The van der Waals surface area contributed by atoms with Gasteiger partial charge >= 0.3 is 6.18 Å². The molecule has 8 heteroatoms. The number of carbonyl (C=O) groups is 1. The molecule has 0 aromatic heterocycles. The lowest BCUT2D eigenvalue weighted by molar-refractivity contribution is -0.137. The number of hydrazone groups is 1. The van der Waals surface area contributed by atoms with Crippen LogP contribution in [-0.4, -0.2) is 25.3 Å². The van der Waals surface area contributed by atoms with Gasteiger partial charge in [-0.1, -0.05) is 13.0 Å². The van der Waals surface area contributed by atoms with Crippen LogP contribution >= 0.6 is 0 Å². The number of ether oxygens (including phenoxy) is 2. The quantitative estimate of drug-likeness (QED) is 0.549. The van der Waals surface area contributed by atoms with Crippen LogP contribution in [0.5, 0.6) is 11.5 Å². The zero-order valence-electron chi connectivity index (χ0n) is 15.7. The van der Waals surface area contributed by atoms with E-state index in [4.69, 9.17) is 9.47 Å². The molecule has 0 unspecified atom stereocenters. The summed E-state index contributed by atoms with van der Waals surface area (Å²) in [6.07, 6.45) is -2.29. The summed E-state index contributed by atoms with van der Waals surface area (Å²) < 4.78 is 49.2. The molecule has 0 heterocycles. The van der Waals surface area contributed by atoms with Gasteiger partial charge in [-0.2, -0.15) is 18.3 Å². The maximum atomic E-state index is 12.7. The van der Waals surface area contributed by atoms with E-state index in [1.165, 1.54) is 25.5 Å². The second-order valence-electron chi connectivity index (χ2n) is 6.02. The molecule has 0 bridgehead atoms. The van der Waals surface area contributed by atoms with Gasteiger partial charge in [0.15, 0.2) is 11.5 Å². The Morgan fingerprint density at radius 3 is 2.61 bits per heavy atom. The van der Waals surface area contributed by atoms with Gasteiger partial charge in [0.1, 0.15) is 0 Å². The highest BCUT2D eigenvalue weighted by molar-refractivity contribution is 5.95. The molecule has 0 fully saturated rings. The minimum absolute atomic E-state index is 0.0279. The van der Waals surface area contributed by atoms with Gasteiger partial charge in [0.05, 0.1) is 25.0 Å². The van der Waals surface area contributed by atoms with Crippen LogP contribution < -0.4 is 14.9 Å². The van der Waals surface area contributed by atoms with Gasteiger partial charge in [0.25, 0.3) is 5.91 Å². The molecule has 0 radical (unpaired) electrons. The molecule has 1 amide bonds. The predicted octanol–water partition coefficient (Wildman–Crippen LogP) is 4.66. The maximum Gasteiger partial charge on any atom is 0.416 e. The van der Waals surface area contributed by atoms with E-state index in [1.54, 1.807) is 18.2 Å². The van der Waals surface area contributed by atoms with E-state index < -0.39 is 17.6 Å². The van der Waals surface area contributed by atoms with Gasteiger partial charge in [0, 0.05) is 5.56 Å². The number of alkyl halides is 3. The monoisotopic (exact) mass is 394 g/mol. The number of nitrogens with zero attached hydrogens (tertiary/aromatic N) is 1. The molecule has 0 aliphatic rings. The van der Waals surface area contributed by atoms with E-state index in [-0.39, 0.29) is 11.7 Å². The third-order valence-corrected chi connectivity index (χ3v) is 3.92. The van der Waals surface area contributed by atoms with Crippen LogP contribution in [0.2, 0.25) is 0 Å². The number of hydrogen-bond donors (Lipinski definition) is 1. The van der Waals surface area contributed by atoms with Gasteiger partial charge in [-0.3, -0.25) is 4.79 Å². The first-order valence-corrected chi connectivity index (χ1v) is 8.60. The van der Waals surface area contributed by atoms with Gasteiger partial charge in [-0.05, 0) is 55.3 Å². The standard InChI is InChI=1S/C20H21F3N2O3/c1-4-13(2)28-17-9-8-14(10-18(17)27-3)12-24-25-19(26)15-6-5-7-16(11-15)20(21,22)23/h5-13H,4H2,1-3H3,(H,25,26)/b24-12-/t13-/m1/s1. The van der Waals surface area contributed by atoms with Crippen molar-refractivity contribution in [3.8, 4) is 11.5 Å². The fraction of sp³-hybridized carbons (Fsp3) is 0.300. The van der Waals surface area contributed by atoms with Crippen molar-refractivity contribution in [3.63, 3.8) is 0 Å². The van der Waals surface area contributed by atoms with Crippen LogP contribution in [0.4, 0.5) is 13.2 Å². The van der Waals surface area contributed by atoms with Crippen molar-refractivity contribution in [1.29, 1.82) is 0 Å². The zero-order valence-corrected chi connectivity index (χ0v) is 15.7. The number of halogens is 3. The molecule has 1 atom stereocenters. The van der Waals surface area contributed by atoms with Crippen LogP contribution in [0.1, 0.15) is 41.8 Å². The summed E-state index contributed by atoms with van der Waals surface area (Å²) in [6.45, 7) is 3.95. The van der Waals surface area contributed by atoms with Crippen molar-refractivity contribution in [3.05, 3.63) is 59.2 Å². The Bertz CT molecular complexity index is 851. The second-order valence-corrected chi connectivity index (χ2v) is 6.02. The molecule has 0 saturated heterocycles. The minimum Gasteiger partial charge on any atom is -0.493 e. The molecule has 2 aromatic rings. The third kappa shape index (κ3) is 5.73. The minimum atomic E-state index is -4.52. The molecule has 2 aromatic carbocycles. The third-order valence-electron chi connectivity index (χ3n) is 3.92. The average molecular weight is 394 g/mol. The average Bonchev–Trinajstić information content (AvgIpc) is 2.68. The maximum absolute atomic E-state index is 12.7. The summed E-state index contributed by atoms with van der Waals surface area (Å²) in [4.78, 5) is 12.0. The fourth-order valence-electron chi connectivity index (χ4n) is 2.23. The number of carbonyl (C=O) groups excluding carboxylic acids is 1. The van der Waals surface area contributed by atoms with E-state index in [2.05, 4.69) is 10.5 Å². The molecule has 5 nitrogen and oxygen atoms in total. The predicted molar refractivity (Wildman–Crippen MR) is 99.9 cm³/mol. The van der Waals surface area contributed by atoms with E-state index in [1.807, 2.05) is 13.8 Å². The first-order chi connectivity index (χ1) is 13.2. The molecule has 0 aliphatic carbocycles. The van der Waals surface area contributed by atoms with Gasteiger partial charge < -0.3 is 9.47 Å². The lowest BCUT2D eigenvalue weighted by Gasteiger charge is -2.15. The Labute approximate surface area is 161 Å². The highest BCUT2D eigenvalue weighted by atomic mass is 19.4. The summed E-state index contributed by atoms with van der Waals surface area (Å²) in [5.74, 6) is 0.349. The summed E-state index contributed by atoms with van der Waals surface area (Å²) >= 11 is 0. The van der Waals surface area contributed by atoms with Gasteiger partial charge in [0.2, 0.25) is 0 Å². The molecule has 28 heavy (non-hydrogen) atoms. The van der Waals surface area contributed by atoms with Crippen molar-refractivity contribution in [2.45, 2.75) is 32.5 Å². The van der Waals surface area contributed by atoms with Crippen LogP contribution in [0.25, 0.3) is 0 Å². The second kappa shape index (κ2) is 9.25. The zero-order chi connectivity index (χ0) is 20.7. The molecule has 0 aliphatic heterocycles. The van der Waals surface area contributed by atoms with Crippen LogP contribution in [-0.2, 0) is 6.18 Å². The van der Waals surface area contributed by atoms with E-state index in [0.717, 1.165) is 18.6 Å². The summed E-state index contributed by atoms with van der Waals surface area (Å²) in [5.41, 5.74) is 1.80. The van der Waals surface area contributed by atoms with Gasteiger partial charge in [-0.15, -0.1) is 0 Å². The summed E-state index contributed by atoms with van der Waals surface area (Å²) in [6, 6.07) is 9.25. The van der Waals surface area contributed by atoms with Crippen molar-refractivity contribution in [2.75, 3.05) is 7.11 Å². The topological polar surface area (TPSA) is 59.9 Å². The van der Waals surface area contributed by atoms with Crippen molar-refractivity contribution in [1.82, 2.24) is 5.43 Å². The Balaban J connectivity index is 2.07. The highest BCUT2D eigenvalue weighted by Crippen LogP contribution is 2.30. The smallest absolute Gasteiger partial charge is 0.416 e. The number of benzene rings is 2. The fourth-order valence-corrected chi connectivity index (χ4v) is 2.23.